The van der Waals surface area contributed by atoms with Crippen LogP contribution < -0.4 is 5.32 Å². The van der Waals surface area contributed by atoms with Crippen LogP contribution in [0, 0.1) is 5.82 Å². The maximum absolute atomic E-state index is 13.0. The van der Waals surface area contributed by atoms with E-state index in [0.29, 0.717) is 4.47 Å². The van der Waals surface area contributed by atoms with E-state index in [-0.39, 0.29) is 5.69 Å². The number of amides is 1. The van der Waals surface area contributed by atoms with E-state index < -0.39 is 18.1 Å². The van der Waals surface area contributed by atoms with Gasteiger partial charge in [0.1, 0.15) is 5.82 Å². The highest BCUT2D eigenvalue weighted by Gasteiger charge is 2.16. The lowest BCUT2D eigenvalue weighted by Crippen LogP contribution is -2.20. The lowest BCUT2D eigenvalue weighted by atomic mass is 10.3. The topological polar surface area (TPSA) is 29.1 Å². The summed E-state index contributed by atoms with van der Waals surface area (Å²) in [6.07, 6.45) is -3.15. The fourth-order valence-electron chi connectivity index (χ4n) is 0.778. The number of nitrogens with one attached hydrogen (secondary N) is 1. The number of halogens is 4. The summed E-state index contributed by atoms with van der Waals surface area (Å²) in [7, 11) is 0. The quantitative estimate of drug-likeness (QED) is 0.877. The van der Waals surface area contributed by atoms with Crippen LogP contribution in [0.25, 0.3) is 0 Å². The molecule has 0 heterocycles. The van der Waals surface area contributed by atoms with Gasteiger partial charge in [-0.2, -0.15) is 8.78 Å². The van der Waals surface area contributed by atoms with Gasteiger partial charge in [0.2, 0.25) is 0 Å². The van der Waals surface area contributed by atoms with Crippen LogP contribution in [0.2, 0.25) is 0 Å². The third kappa shape index (κ3) is 2.73. The molecule has 76 valence electrons. The molecule has 0 aliphatic rings. The average Bonchev–Trinajstić information content (AvgIpc) is 2.09. The zero-order valence-corrected chi connectivity index (χ0v) is 8.32. The summed E-state index contributed by atoms with van der Waals surface area (Å²) >= 11 is 2.99. The summed E-state index contributed by atoms with van der Waals surface area (Å²) in [6, 6.07) is 3.70. The van der Waals surface area contributed by atoms with Crippen LogP contribution in [0.5, 0.6) is 0 Å². The van der Waals surface area contributed by atoms with Gasteiger partial charge in [0.05, 0.1) is 5.69 Å². The van der Waals surface area contributed by atoms with Crippen molar-refractivity contribution < 1.29 is 18.0 Å². The fourth-order valence-corrected chi connectivity index (χ4v) is 1.11. The van der Waals surface area contributed by atoms with Gasteiger partial charge in [-0.25, -0.2) is 4.39 Å². The van der Waals surface area contributed by atoms with Crippen LogP contribution >= 0.6 is 15.9 Å². The lowest BCUT2D eigenvalue weighted by Gasteiger charge is -2.05. The molecule has 2 nitrogen and oxygen atoms in total. The van der Waals surface area contributed by atoms with E-state index in [1.807, 2.05) is 0 Å². The molecule has 0 saturated heterocycles. The third-order valence-corrected chi connectivity index (χ3v) is 1.88. The minimum absolute atomic E-state index is 0.265. The Balaban J connectivity index is 2.82. The smallest absolute Gasteiger partial charge is 0.315 e. The van der Waals surface area contributed by atoms with Gasteiger partial charge in [0.25, 0.3) is 5.91 Å². The number of benzene rings is 1. The highest BCUT2D eigenvalue weighted by molar-refractivity contribution is 9.10. The molecule has 0 unspecified atom stereocenters. The van der Waals surface area contributed by atoms with Crippen molar-refractivity contribution in [3.63, 3.8) is 0 Å². The zero-order chi connectivity index (χ0) is 10.7. The Morgan fingerprint density at radius 3 is 2.57 bits per heavy atom. The largest absolute Gasteiger partial charge is 0.319 e. The molecule has 1 N–H and O–H groups in total. The SMILES string of the molecule is O=C(Nc1ccc(Br)cc1F)C(F)F. The second-order valence-corrected chi connectivity index (χ2v) is 3.33. The Morgan fingerprint density at radius 1 is 1.43 bits per heavy atom. The van der Waals surface area contributed by atoms with E-state index in [2.05, 4.69) is 15.9 Å². The summed E-state index contributed by atoms with van der Waals surface area (Å²) in [6.45, 7) is 0. The van der Waals surface area contributed by atoms with Crippen molar-refractivity contribution in [1.82, 2.24) is 0 Å². The van der Waals surface area contributed by atoms with Crippen LogP contribution in [0.15, 0.2) is 22.7 Å². The van der Waals surface area contributed by atoms with Crippen molar-refractivity contribution in [2.45, 2.75) is 6.43 Å². The van der Waals surface area contributed by atoms with Gasteiger partial charge in [-0.05, 0) is 18.2 Å². The zero-order valence-electron chi connectivity index (χ0n) is 6.73. The van der Waals surface area contributed by atoms with Crippen molar-refractivity contribution in [2.75, 3.05) is 5.32 Å². The van der Waals surface area contributed by atoms with Crippen molar-refractivity contribution in [2.24, 2.45) is 0 Å². The molecule has 1 amide bonds. The van der Waals surface area contributed by atoms with E-state index >= 15 is 0 Å². The summed E-state index contributed by atoms with van der Waals surface area (Å²) in [5.41, 5.74) is -0.265. The van der Waals surface area contributed by atoms with Gasteiger partial charge >= 0.3 is 6.43 Å². The molecule has 1 aromatic rings. The van der Waals surface area contributed by atoms with Gasteiger partial charge in [0.15, 0.2) is 0 Å². The van der Waals surface area contributed by atoms with Crippen molar-refractivity contribution in [3.8, 4) is 0 Å². The third-order valence-electron chi connectivity index (χ3n) is 1.39. The minimum atomic E-state index is -3.15. The monoisotopic (exact) mass is 267 g/mol. The molecular weight excluding hydrogens is 263 g/mol. The Kier molecular flexibility index (Phi) is 3.51. The Labute approximate surface area is 86.2 Å². The van der Waals surface area contributed by atoms with E-state index in [4.69, 9.17) is 0 Å². The molecule has 6 heteroatoms. The van der Waals surface area contributed by atoms with Crippen molar-refractivity contribution >= 4 is 27.5 Å². The number of alkyl halides is 2. The van der Waals surface area contributed by atoms with Crippen LogP contribution in [-0.4, -0.2) is 12.3 Å². The number of hydrogen-bond donors (Lipinski definition) is 1. The van der Waals surface area contributed by atoms with E-state index in [1.165, 1.54) is 12.1 Å². The highest BCUT2D eigenvalue weighted by atomic mass is 79.9. The van der Waals surface area contributed by atoms with Crippen LogP contribution in [0.4, 0.5) is 18.9 Å². The van der Waals surface area contributed by atoms with Gasteiger partial charge in [0, 0.05) is 4.47 Å². The van der Waals surface area contributed by atoms with Crippen LogP contribution in [-0.2, 0) is 4.79 Å². The first kappa shape index (κ1) is 11.0. The lowest BCUT2D eigenvalue weighted by molar-refractivity contribution is -0.126. The summed E-state index contributed by atoms with van der Waals surface area (Å²) in [4.78, 5) is 10.5. The van der Waals surface area contributed by atoms with Crippen molar-refractivity contribution in [1.29, 1.82) is 0 Å². The molecule has 0 saturated carbocycles. The highest BCUT2D eigenvalue weighted by Crippen LogP contribution is 2.19. The number of carbonyl (C=O) groups excluding carboxylic acids is 1. The molecule has 14 heavy (non-hydrogen) atoms. The molecule has 0 aliphatic heterocycles. The predicted octanol–water partition coefficient (Wildman–Crippen LogP) is 2.79. The summed E-state index contributed by atoms with van der Waals surface area (Å²) in [5.74, 6) is -2.29. The first-order chi connectivity index (χ1) is 6.50. The van der Waals surface area contributed by atoms with Crippen LogP contribution in [0.1, 0.15) is 0 Å². The predicted molar refractivity (Wildman–Crippen MR) is 48.7 cm³/mol. The molecule has 0 atom stereocenters. The molecule has 0 bridgehead atoms. The Bertz CT molecular complexity index is 356. The second kappa shape index (κ2) is 4.45. The molecule has 0 spiro atoms. The average molecular weight is 268 g/mol. The molecule has 1 aromatic carbocycles. The van der Waals surface area contributed by atoms with E-state index in [0.717, 1.165) is 6.07 Å². The number of anilines is 1. The molecule has 1 rings (SSSR count). The van der Waals surface area contributed by atoms with Crippen LogP contribution in [0.3, 0.4) is 0 Å². The standard InChI is InChI=1S/C8H5BrF3NO/c9-4-1-2-6(5(10)3-4)13-8(14)7(11)12/h1-3,7H,(H,13,14). The van der Waals surface area contributed by atoms with E-state index in [9.17, 15) is 18.0 Å². The maximum Gasteiger partial charge on any atom is 0.315 e. The molecule has 0 aromatic heterocycles. The van der Waals surface area contributed by atoms with Crippen molar-refractivity contribution in [3.05, 3.63) is 28.5 Å². The van der Waals surface area contributed by atoms with Gasteiger partial charge in [-0.3, -0.25) is 4.79 Å². The number of rotatable bonds is 2. The Hall–Kier alpha value is -1.04. The second-order valence-electron chi connectivity index (χ2n) is 2.41. The first-order valence-corrected chi connectivity index (χ1v) is 4.34. The van der Waals surface area contributed by atoms with Gasteiger partial charge < -0.3 is 5.32 Å². The fraction of sp³-hybridized carbons (Fsp3) is 0.125. The van der Waals surface area contributed by atoms with Gasteiger partial charge in [-0.15, -0.1) is 0 Å². The Morgan fingerprint density at radius 2 is 2.07 bits per heavy atom. The summed E-state index contributed by atoms with van der Waals surface area (Å²) < 4.78 is 37.0. The van der Waals surface area contributed by atoms with Gasteiger partial charge in [-0.1, -0.05) is 15.9 Å². The normalized spacial score (nSPS) is 10.4. The first-order valence-electron chi connectivity index (χ1n) is 3.55. The maximum atomic E-state index is 13.0. The molecule has 0 aliphatic carbocycles. The summed E-state index contributed by atoms with van der Waals surface area (Å²) in [5, 5.41) is 1.75. The molecule has 0 radical (unpaired) electrons. The minimum Gasteiger partial charge on any atom is -0.319 e. The molecular formula is C8H5BrF3NO. The molecule has 0 fully saturated rings. The number of carbonyl (C=O) groups is 1. The van der Waals surface area contributed by atoms with E-state index in [1.54, 1.807) is 5.32 Å². The number of hydrogen-bond acceptors (Lipinski definition) is 1.